The third-order valence-electron chi connectivity index (χ3n) is 2.12. The Labute approximate surface area is 93.5 Å². The lowest BCUT2D eigenvalue weighted by molar-refractivity contribution is -0.140. The van der Waals surface area contributed by atoms with Crippen LogP contribution in [-0.4, -0.2) is 28.0 Å². The van der Waals surface area contributed by atoms with Crippen molar-refractivity contribution in [3.63, 3.8) is 0 Å². The van der Waals surface area contributed by atoms with Crippen LogP contribution >= 0.6 is 0 Å². The number of carboxylic acid groups (broad SMARTS) is 1. The predicted octanol–water partition coefficient (Wildman–Crippen LogP) is 0.921. The van der Waals surface area contributed by atoms with E-state index in [1.165, 1.54) is 12.3 Å². The first-order valence-corrected chi connectivity index (χ1v) is 4.97. The van der Waals surface area contributed by atoms with E-state index in [2.05, 4.69) is 10.3 Å². The number of pyridine rings is 1. The van der Waals surface area contributed by atoms with Gasteiger partial charge < -0.3 is 10.4 Å². The number of hydrogen-bond acceptors (Lipinski definition) is 3. The van der Waals surface area contributed by atoms with Crippen LogP contribution in [0.15, 0.2) is 24.4 Å². The van der Waals surface area contributed by atoms with Gasteiger partial charge in [0.25, 0.3) is 5.91 Å². The molecule has 1 amide bonds. The first-order valence-electron chi connectivity index (χ1n) is 4.97. The number of carbonyl (C=O) groups excluding carboxylic acids is 1. The Morgan fingerprint density at radius 3 is 2.50 bits per heavy atom. The molecule has 1 aromatic rings. The van der Waals surface area contributed by atoms with Crippen LogP contribution in [0.5, 0.6) is 0 Å². The molecule has 0 spiro atoms. The summed E-state index contributed by atoms with van der Waals surface area (Å²) in [6, 6.07) is 4.00. The quantitative estimate of drug-likeness (QED) is 0.794. The summed E-state index contributed by atoms with van der Waals surface area (Å²) < 4.78 is 0. The average Bonchev–Trinajstić information content (AvgIpc) is 2.25. The summed E-state index contributed by atoms with van der Waals surface area (Å²) in [4.78, 5) is 26.3. The van der Waals surface area contributed by atoms with Gasteiger partial charge in [0.2, 0.25) is 0 Å². The minimum Gasteiger partial charge on any atom is -0.480 e. The molecule has 0 radical (unpaired) electrons. The number of rotatable bonds is 4. The molecule has 0 aliphatic carbocycles. The molecule has 1 heterocycles. The maximum Gasteiger partial charge on any atom is 0.326 e. The lowest BCUT2D eigenvalue weighted by Gasteiger charge is -2.17. The second-order valence-corrected chi connectivity index (χ2v) is 3.75. The standard InChI is InChI=1S/C11H14N2O3/c1-7(2)9(11(15)16)13-10(14)8-5-3-4-6-12-8/h3-7,9H,1-2H3,(H,13,14)(H,15,16)/t9-/m0/s1. The molecule has 0 unspecified atom stereocenters. The van der Waals surface area contributed by atoms with Crippen LogP contribution in [0.2, 0.25) is 0 Å². The highest BCUT2D eigenvalue weighted by Gasteiger charge is 2.24. The molecule has 5 nitrogen and oxygen atoms in total. The Hall–Kier alpha value is -1.91. The number of carbonyl (C=O) groups is 2. The van der Waals surface area contributed by atoms with E-state index >= 15 is 0 Å². The van der Waals surface area contributed by atoms with Crippen LogP contribution in [0.3, 0.4) is 0 Å². The van der Waals surface area contributed by atoms with Gasteiger partial charge in [0.15, 0.2) is 0 Å². The van der Waals surface area contributed by atoms with Gasteiger partial charge in [0.1, 0.15) is 11.7 Å². The maximum atomic E-state index is 11.6. The average molecular weight is 222 g/mol. The molecule has 0 saturated heterocycles. The summed E-state index contributed by atoms with van der Waals surface area (Å²) in [6.07, 6.45) is 1.49. The van der Waals surface area contributed by atoms with Crippen molar-refractivity contribution in [3.05, 3.63) is 30.1 Å². The lowest BCUT2D eigenvalue weighted by atomic mass is 10.0. The molecule has 0 fully saturated rings. The zero-order valence-electron chi connectivity index (χ0n) is 9.18. The van der Waals surface area contributed by atoms with Gasteiger partial charge in [-0.25, -0.2) is 4.79 Å². The SMILES string of the molecule is CC(C)[C@H](NC(=O)c1ccccn1)C(=O)O. The van der Waals surface area contributed by atoms with Crippen molar-refractivity contribution in [2.75, 3.05) is 0 Å². The monoisotopic (exact) mass is 222 g/mol. The topological polar surface area (TPSA) is 79.3 Å². The molecule has 0 saturated carbocycles. The number of carboxylic acids is 1. The molecule has 5 heteroatoms. The highest BCUT2D eigenvalue weighted by molar-refractivity contribution is 5.94. The first kappa shape index (κ1) is 12.2. The Balaban J connectivity index is 2.74. The fourth-order valence-electron chi connectivity index (χ4n) is 1.23. The van der Waals surface area contributed by atoms with Crippen molar-refractivity contribution in [1.82, 2.24) is 10.3 Å². The van der Waals surface area contributed by atoms with Crippen LogP contribution in [0.25, 0.3) is 0 Å². The highest BCUT2D eigenvalue weighted by Crippen LogP contribution is 2.03. The maximum absolute atomic E-state index is 11.6. The summed E-state index contributed by atoms with van der Waals surface area (Å²) in [6.45, 7) is 3.47. The van der Waals surface area contributed by atoms with Crippen molar-refractivity contribution in [2.24, 2.45) is 5.92 Å². The van der Waals surface area contributed by atoms with Crippen LogP contribution in [0.1, 0.15) is 24.3 Å². The molecule has 2 N–H and O–H groups in total. The molecule has 0 aliphatic rings. The summed E-state index contributed by atoms with van der Waals surface area (Å²) in [5, 5.41) is 11.3. The molecule has 0 aliphatic heterocycles. The van der Waals surface area contributed by atoms with Crippen LogP contribution in [0, 0.1) is 5.92 Å². The summed E-state index contributed by atoms with van der Waals surface area (Å²) >= 11 is 0. The summed E-state index contributed by atoms with van der Waals surface area (Å²) in [7, 11) is 0. The van der Waals surface area contributed by atoms with Gasteiger partial charge >= 0.3 is 5.97 Å². The molecule has 1 aromatic heterocycles. The van der Waals surface area contributed by atoms with Crippen LogP contribution in [0.4, 0.5) is 0 Å². The number of nitrogens with zero attached hydrogens (tertiary/aromatic N) is 1. The molecule has 86 valence electrons. The molecule has 1 rings (SSSR count). The van der Waals surface area contributed by atoms with E-state index in [0.717, 1.165) is 0 Å². The van der Waals surface area contributed by atoms with E-state index in [1.807, 2.05) is 0 Å². The lowest BCUT2D eigenvalue weighted by Crippen LogP contribution is -2.44. The third-order valence-corrected chi connectivity index (χ3v) is 2.12. The Morgan fingerprint density at radius 1 is 1.38 bits per heavy atom. The van der Waals surface area contributed by atoms with Crippen molar-refractivity contribution in [2.45, 2.75) is 19.9 Å². The zero-order valence-corrected chi connectivity index (χ0v) is 9.18. The van der Waals surface area contributed by atoms with E-state index in [1.54, 1.807) is 26.0 Å². The minimum absolute atomic E-state index is 0.176. The Bertz CT molecular complexity index is 376. The van der Waals surface area contributed by atoms with Gasteiger partial charge in [-0.2, -0.15) is 0 Å². The van der Waals surface area contributed by atoms with E-state index in [0.29, 0.717) is 0 Å². The molecule has 0 bridgehead atoms. The number of amides is 1. The Morgan fingerprint density at radius 2 is 2.06 bits per heavy atom. The van der Waals surface area contributed by atoms with Gasteiger partial charge in [-0.05, 0) is 18.1 Å². The van der Waals surface area contributed by atoms with Gasteiger partial charge in [-0.3, -0.25) is 9.78 Å². The Kier molecular flexibility index (Phi) is 3.99. The number of hydrogen-bond donors (Lipinski definition) is 2. The van der Waals surface area contributed by atoms with Gasteiger partial charge in [-0.15, -0.1) is 0 Å². The van der Waals surface area contributed by atoms with Crippen molar-refractivity contribution in [3.8, 4) is 0 Å². The van der Waals surface area contributed by atoms with Crippen molar-refractivity contribution in [1.29, 1.82) is 0 Å². The van der Waals surface area contributed by atoms with Crippen molar-refractivity contribution < 1.29 is 14.7 Å². The largest absolute Gasteiger partial charge is 0.480 e. The molecular formula is C11H14N2O3. The number of nitrogens with one attached hydrogen (secondary N) is 1. The van der Waals surface area contributed by atoms with Gasteiger partial charge in [-0.1, -0.05) is 19.9 Å². The van der Waals surface area contributed by atoms with Crippen molar-refractivity contribution >= 4 is 11.9 Å². The van der Waals surface area contributed by atoms with E-state index < -0.39 is 17.9 Å². The van der Waals surface area contributed by atoms with E-state index in [-0.39, 0.29) is 11.6 Å². The molecular weight excluding hydrogens is 208 g/mol. The third kappa shape index (κ3) is 3.05. The van der Waals surface area contributed by atoms with Crippen LogP contribution < -0.4 is 5.32 Å². The second-order valence-electron chi connectivity index (χ2n) is 3.75. The van der Waals surface area contributed by atoms with Gasteiger partial charge in [0, 0.05) is 6.20 Å². The van der Waals surface area contributed by atoms with Gasteiger partial charge in [0.05, 0.1) is 0 Å². The molecule has 1 atom stereocenters. The summed E-state index contributed by atoms with van der Waals surface area (Å²) in [5.41, 5.74) is 0.217. The minimum atomic E-state index is -1.04. The number of aromatic nitrogens is 1. The fraction of sp³-hybridized carbons (Fsp3) is 0.364. The summed E-state index contributed by atoms with van der Waals surface area (Å²) in [5.74, 6) is -1.69. The fourth-order valence-corrected chi connectivity index (χ4v) is 1.23. The second kappa shape index (κ2) is 5.25. The number of aliphatic carboxylic acids is 1. The highest BCUT2D eigenvalue weighted by atomic mass is 16.4. The normalized spacial score (nSPS) is 12.2. The molecule has 16 heavy (non-hydrogen) atoms. The first-order chi connectivity index (χ1) is 7.52. The zero-order chi connectivity index (χ0) is 12.1. The van der Waals surface area contributed by atoms with E-state index in [9.17, 15) is 9.59 Å². The van der Waals surface area contributed by atoms with E-state index in [4.69, 9.17) is 5.11 Å². The smallest absolute Gasteiger partial charge is 0.326 e. The molecule has 0 aromatic carbocycles. The van der Waals surface area contributed by atoms with Crippen LogP contribution in [-0.2, 0) is 4.79 Å². The predicted molar refractivity (Wildman–Crippen MR) is 58.0 cm³/mol.